The molecule has 1 unspecified atom stereocenters. The highest BCUT2D eigenvalue weighted by Gasteiger charge is 2.50. The number of benzene rings is 3. The molecule has 1 saturated heterocycles. The molecule has 0 aliphatic carbocycles. The second kappa shape index (κ2) is 15.3. The Balaban J connectivity index is 1.52. The Morgan fingerprint density at radius 1 is 1.19 bits per heavy atom. The first kappa shape index (κ1) is 34.4. The van der Waals surface area contributed by atoms with Crippen molar-refractivity contribution in [2.24, 2.45) is 0 Å². The molecule has 2 aliphatic heterocycles. The highest BCUT2D eigenvalue weighted by atomic mass is 35.5. The van der Waals surface area contributed by atoms with Crippen LogP contribution in [0, 0.1) is 23.0 Å². The van der Waals surface area contributed by atoms with Crippen molar-refractivity contribution in [1.82, 2.24) is 5.32 Å². The van der Waals surface area contributed by atoms with Crippen molar-refractivity contribution in [2.45, 2.75) is 76.8 Å². The molecule has 1 fully saturated rings. The van der Waals surface area contributed by atoms with Gasteiger partial charge in [0.25, 0.3) is 0 Å². The van der Waals surface area contributed by atoms with Crippen LogP contribution < -0.4 is 14.8 Å². The fourth-order valence-corrected chi connectivity index (χ4v) is 6.36. The van der Waals surface area contributed by atoms with Gasteiger partial charge in [0.2, 0.25) is 0 Å². The predicted octanol–water partition coefficient (Wildman–Crippen LogP) is 8.39. The Hall–Kier alpha value is -3.91. The first-order chi connectivity index (χ1) is 22.7. The third-order valence-electron chi connectivity index (χ3n) is 8.61. The lowest BCUT2D eigenvalue weighted by Crippen LogP contribution is -2.46. The number of halogens is 3. The van der Waals surface area contributed by atoms with E-state index in [0.29, 0.717) is 24.2 Å². The van der Waals surface area contributed by atoms with E-state index in [2.05, 4.69) is 5.32 Å². The van der Waals surface area contributed by atoms with Gasteiger partial charge in [-0.25, -0.2) is 13.6 Å². The zero-order chi connectivity index (χ0) is 33.6. The lowest BCUT2D eigenvalue weighted by atomic mass is 9.77. The number of carbonyl (C=O) groups excluding carboxylic acids is 1. The second-order valence-corrected chi connectivity index (χ2v) is 12.2. The molecule has 0 radical (unpaired) electrons. The number of nitrogens with zero attached hydrogens (tertiary/aromatic N) is 1. The minimum absolute atomic E-state index is 0.00771. The number of nitriles is 1. The van der Waals surface area contributed by atoms with Crippen LogP contribution in [0.5, 0.6) is 11.5 Å². The van der Waals surface area contributed by atoms with E-state index in [-0.39, 0.29) is 59.3 Å². The Labute approximate surface area is 278 Å². The van der Waals surface area contributed by atoms with Crippen LogP contribution in [0.2, 0.25) is 5.02 Å². The van der Waals surface area contributed by atoms with Gasteiger partial charge in [-0.3, -0.25) is 0 Å². The summed E-state index contributed by atoms with van der Waals surface area (Å²) in [5.74, 6) is -2.37. The van der Waals surface area contributed by atoms with E-state index in [0.717, 1.165) is 31.7 Å². The van der Waals surface area contributed by atoms with Crippen LogP contribution in [0.25, 0.3) is 11.1 Å². The Morgan fingerprint density at radius 2 is 1.98 bits per heavy atom. The molecule has 0 bridgehead atoms. The number of ether oxygens (including phenoxy) is 5. The van der Waals surface area contributed by atoms with E-state index >= 15 is 8.78 Å². The minimum Gasteiger partial charge on any atom is -0.488 e. The van der Waals surface area contributed by atoms with E-state index in [9.17, 15) is 10.1 Å². The number of unbranched alkanes of at least 4 members (excludes halogenated alkanes) is 1. The number of alkyl carbamates (subject to hydrolysis) is 1. The van der Waals surface area contributed by atoms with Crippen LogP contribution in [-0.4, -0.2) is 44.9 Å². The third-order valence-corrected chi connectivity index (χ3v) is 8.98. The molecule has 1 amide bonds. The van der Waals surface area contributed by atoms with Gasteiger partial charge in [-0.2, -0.15) is 5.26 Å². The summed E-state index contributed by atoms with van der Waals surface area (Å²) in [7, 11) is 0. The normalized spacial score (nSPS) is 20.9. The molecule has 0 spiro atoms. The van der Waals surface area contributed by atoms with E-state index in [4.69, 9.17) is 35.3 Å². The topological polar surface area (TPSA) is 99.0 Å². The fourth-order valence-electron chi connectivity index (χ4n) is 6.11. The van der Waals surface area contributed by atoms with Gasteiger partial charge in [-0.05, 0) is 50.3 Å². The minimum atomic E-state index is -1.25. The largest absolute Gasteiger partial charge is 0.488 e. The number of carbonyl (C=O) groups is 1. The Kier molecular flexibility index (Phi) is 11.2. The molecular weight excluding hydrogens is 630 g/mol. The van der Waals surface area contributed by atoms with Crippen molar-refractivity contribution in [2.75, 3.05) is 26.4 Å². The molecule has 8 nitrogen and oxygen atoms in total. The highest BCUT2D eigenvalue weighted by molar-refractivity contribution is 6.34. The summed E-state index contributed by atoms with van der Waals surface area (Å²) in [5, 5.41) is 12.5. The van der Waals surface area contributed by atoms with Gasteiger partial charge in [-0.15, -0.1) is 0 Å². The standard InChI is InChI=1S/C36H39ClF2N2O6/c1-4-5-16-44-35(42)41-21-36(25-11-7-6-8-12-25)23(3)30-28(47-36)18-26(38)33(37)32(30)31-24(19-40)14-15-27(34(31)39)45-20-22(2)46-29-13-9-10-17-43-29/h6-8,11-12,14-15,18,22-23,29H,4-5,9-10,13,16-17,20-21H2,1-3H3,(H,41,42)/t22-,23-,29?,36-/m0/s1. The molecule has 1 N–H and O–H groups in total. The van der Waals surface area contributed by atoms with Gasteiger partial charge >= 0.3 is 6.09 Å². The molecule has 5 rings (SSSR count). The monoisotopic (exact) mass is 668 g/mol. The van der Waals surface area contributed by atoms with Crippen LogP contribution >= 0.6 is 11.6 Å². The highest BCUT2D eigenvalue weighted by Crippen LogP contribution is 2.56. The second-order valence-electron chi connectivity index (χ2n) is 11.8. The molecule has 11 heteroatoms. The Morgan fingerprint density at radius 3 is 2.68 bits per heavy atom. The summed E-state index contributed by atoms with van der Waals surface area (Å²) in [5.41, 5.74) is -0.455. The summed E-state index contributed by atoms with van der Waals surface area (Å²) in [6.45, 7) is 6.46. The summed E-state index contributed by atoms with van der Waals surface area (Å²) in [6.07, 6.45) is 2.93. The van der Waals surface area contributed by atoms with Crippen LogP contribution in [-0.2, 0) is 19.8 Å². The van der Waals surface area contributed by atoms with Crippen LogP contribution in [0.3, 0.4) is 0 Å². The third kappa shape index (κ3) is 7.33. The molecule has 3 aromatic rings. The predicted molar refractivity (Wildman–Crippen MR) is 173 cm³/mol. The van der Waals surface area contributed by atoms with Crippen LogP contribution in [0.4, 0.5) is 13.6 Å². The molecular formula is C36H39ClF2N2O6. The molecule has 47 heavy (non-hydrogen) atoms. The number of hydrogen-bond donors (Lipinski definition) is 1. The van der Waals surface area contributed by atoms with Crippen LogP contribution in [0.1, 0.15) is 75.5 Å². The molecule has 250 valence electrons. The van der Waals surface area contributed by atoms with E-state index in [1.807, 2.05) is 50.2 Å². The van der Waals surface area contributed by atoms with Crippen LogP contribution in [0.15, 0.2) is 48.5 Å². The van der Waals surface area contributed by atoms with Crippen molar-refractivity contribution in [3.05, 3.63) is 81.9 Å². The Bertz CT molecular complexity index is 1610. The number of amides is 1. The summed E-state index contributed by atoms with van der Waals surface area (Å²) >= 11 is 6.63. The van der Waals surface area contributed by atoms with Crippen molar-refractivity contribution in [3.8, 4) is 28.7 Å². The number of nitrogens with one attached hydrogen (secondary N) is 1. The number of fused-ring (bicyclic) bond motifs is 1. The first-order valence-electron chi connectivity index (χ1n) is 16.0. The maximum atomic E-state index is 16.5. The number of hydrogen-bond acceptors (Lipinski definition) is 7. The van der Waals surface area contributed by atoms with Gasteiger partial charge in [0.05, 0.1) is 35.9 Å². The smallest absolute Gasteiger partial charge is 0.407 e. The molecule has 0 aromatic heterocycles. The molecule has 0 saturated carbocycles. The van der Waals surface area contributed by atoms with Gasteiger partial charge in [-0.1, -0.05) is 62.2 Å². The van der Waals surface area contributed by atoms with E-state index in [1.54, 1.807) is 6.92 Å². The van der Waals surface area contributed by atoms with Gasteiger partial charge in [0.1, 0.15) is 18.2 Å². The van der Waals surface area contributed by atoms with E-state index in [1.165, 1.54) is 12.1 Å². The summed E-state index contributed by atoms with van der Waals surface area (Å²) in [4.78, 5) is 12.6. The molecule has 4 atom stereocenters. The fraction of sp³-hybridized carbons (Fsp3) is 0.444. The van der Waals surface area contributed by atoms with Crippen molar-refractivity contribution < 1.29 is 37.3 Å². The van der Waals surface area contributed by atoms with Crippen molar-refractivity contribution in [3.63, 3.8) is 0 Å². The van der Waals surface area contributed by atoms with Crippen molar-refractivity contribution in [1.29, 1.82) is 5.26 Å². The van der Waals surface area contributed by atoms with Gasteiger partial charge in [0.15, 0.2) is 23.5 Å². The zero-order valence-electron chi connectivity index (χ0n) is 26.7. The van der Waals surface area contributed by atoms with Gasteiger partial charge in [0, 0.05) is 35.3 Å². The maximum Gasteiger partial charge on any atom is 0.407 e. The van der Waals surface area contributed by atoms with Crippen molar-refractivity contribution >= 4 is 17.7 Å². The van der Waals surface area contributed by atoms with E-state index < -0.39 is 35.4 Å². The first-order valence-corrected chi connectivity index (χ1v) is 16.4. The quantitative estimate of drug-likeness (QED) is 0.194. The average Bonchev–Trinajstić information content (AvgIpc) is 3.36. The lowest BCUT2D eigenvalue weighted by Gasteiger charge is -2.34. The lowest BCUT2D eigenvalue weighted by molar-refractivity contribution is -0.189. The summed E-state index contributed by atoms with van der Waals surface area (Å²) in [6, 6.07) is 15.1. The SMILES string of the molecule is CCCCOC(=O)NC[C@]1(c2ccccc2)Oc2cc(F)c(Cl)c(-c3c(C#N)ccc(OC[C@H](C)OC4CCCCO4)c3F)c2[C@@H]1C. The molecule has 2 aliphatic rings. The average molecular weight is 669 g/mol. The number of rotatable bonds is 12. The zero-order valence-corrected chi connectivity index (χ0v) is 27.5. The maximum absolute atomic E-state index is 16.5. The molecule has 3 aromatic carbocycles. The van der Waals surface area contributed by atoms with Gasteiger partial charge < -0.3 is 29.0 Å². The molecule has 2 heterocycles. The summed E-state index contributed by atoms with van der Waals surface area (Å²) < 4.78 is 61.3.